The summed E-state index contributed by atoms with van der Waals surface area (Å²) in [5.74, 6) is 0. The maximum atomic E-state index is 4.32. The fraction of sp³-hybridized carbons (Fsp3) is 0.400. The van der Waals surface area contributed by atoms with Gasteiger partial charge in [-0.3, -0.25) is 0 Å². The Kier molecular flexibility index (Phi) is 3.63. The van der Waals surface area contributed by atoms with Crippen molar-refractivity contribution >= 4 is 12.8 Å². The Labute approximate surface area is 80.0 Å². The van der Waals surface area contributed by atoms with E-state index >= 15 is 0 Å². The minimum atomic E-state index is 0.944. The lowest BCUT2D eigenvalue weighted by Crippen LogP contribution is -2.24. The van der Waals surface area contributed by atoms with Crippen LogP contribution in [-0.2, 0) is 0 Å². The van der Waals surface area contributed by atoms with Crippen molar-refractivity contribution in [3.05, 3.63) is 36.0 Å². The van der Waals surface area contributed by atoms with Gasteiger partial charge in [-0.05, 0) is 24.5 Å². The highest BCUT2D eigenvalue weighted by Crippen LogP contribution is 2.22. The van der Waals surface area contributed by atoms with Crippen LogP contribution in [0, 0.1) is 0 Å². The van der Waals surface area contributed by atoms with Crippen LogP contribution in [0.4, 0.5) is 0 Å². The van der Waals surface area contributed by atoms with Gasteiger partial charge in [0.05, 0.1) is 0 Å². The first-order chi connectivity index (χ1) is 5.77. The standard InChI is InChI=1S/C10H15NS/c1-3-5-10-6-7-11(12)8-9(10)4-2/h3-5,12H,1,6-8H2,2H3/b9-4-,10-5-. The third kappa shape index (κ3) is 2.26. The van der Waals surface area contributed by atoms with E-state index in [0.29, 0.717) is 0 Å². The summed E-state index contributed by atoms with van der Waals surface area (Å²) < 4.78 is 2.04. The molecule has 0 aromatic carbocycles. The van der Waals surface area contributed by atoms with Crippen LogP contribution in [0.3, 0.4) is 0 Å². The van der Waals surface area contributed by atoms with Crippen LogP contribution in [0.15, 0.2) is 36.0 Å². The first kappa shape index (κ1) is 9.62. The molecule has 1 aliphatic rings. The summed E-state index contributed by atoms with van der Waals surface area (Å²) in [6.45, 7) is 7.75. The highest BCUT2D eigenvalue weighted by atomic mass is 32.1. The number of piperidine rings is 1. The molecule has 0 aliphatic carbocycles. The summed E-state index contributed by atoms with van der Waals surface area (Å²) in [6.07, 6.45) is 7.18. The van der Waals surface area contributed by atoms with Crippen LogP contribution < -0.4 is 0 Å². The lowest BCUT2D eigenvalue weighted by atomic mass is 9.99. The number of nitrogens with zero attached hydrogens (tertiary/aromatic N) is 1. The molecular weight excluding hydrogens is 166 g/mol. The molecule has 1 rings (SSSR count). The molecule has 0 spiro atoms. The first-order valence-electron chi connectivity index (χ1n) is 4.19. The van der Waals surface area contributed by atoms with Crippen LogP contribution in [0.1, 0.15) is 13.3 Å². The summed E-state index contributed by atoms with van der Waals surface area (Å²) in [6, 6.07) is 0. The molecule has 0 radical (unpaired) electrons. The lowest BCUT2D eigenvalue weighted by molar-refractivity contribution is 0.489. The second-order valence-corrected chi connectivity index (χ2v) is 3.45. The Bertz CT molecular complexity index is 228. The fourth-order valence-corrected chi connectivity index (χ4v) is 1.65. The monoisotopic (exact) mass is 181 g/mol. The molecule has 1 saturated heterocycles. The Hall–Kier alpha value is -0.470. The number of hydrogen-bond donors (Lipinski definition) is 1. The van der Waals surface area contributed by atoms with Gasteiger partial charge in [0, 0.05) is 13.1 Å². The highest BCUT2D eigenvalue weighted by Gasteiger charge is 2.14. The zero-order valence-corrected chi connectivity index (χ0v) is 8.35. The first-order valence-corrected chi connectivity index (χ1v) is 4.59. The average Bonchev–Trinajstić information content (AvgIpc) is 2.08. The van der Waals surface area contributed by atoms with Crippen molar-refractivity contribution < 1.29 is 0 Å². The largest absolute Gasteiger partial charge is 0.249 e. The van der Waals surface area contributed by atoms with Crippen LogP contribution in [0.25, 0.3) is 0 Å². The Morgan fingerprint density at radius 2 is 2.25 bits per heavy atom. The predicted octanol–water partition coefficient (Wildman–Crippen LogP) is 2.60. The third-order valence-corrected chi connectivity index (χ3v) is 2.41. The van der Waals surface area contributed by atoms with Gasteiger partial charge in [0.15, 0.2) is 0 Å². The molecule has 0 atom stereocenters. The number of hydrogen-bond acceptors (Lipinski definition) is 2. The molecule has 1 heterocycles. The molecule has 0 bridgehead atoms. The van der Waals surface area contributed by atoms with Crippen molar-refractivity contribution in [3.8, 4) is 0 Å². The molecule has 0 amide bonds. The second-order valence-electron chi connectivity index (χ2n) is 2.88. The molecule has 12 heavy (non-hydrogen) atoms. The van der Waals surface area contributed by atoms with E-state index in [2.05, 4.69) is 38.5 Å². The van der Waals surface area contributed by atoms with Crippen LogP contribution in [0.5, 0.6) is 0 Å². The summed E-state index contributed by atoms with van der Waals surface area (Å²) >= 11 is 4.32. The van der Waals surface area contributed by atoms with Gasteiger partial charge in [0.1, 0.15) is 0 Å². The van der Waals surface area contributed by atoms with Crippen LogP contribution in [0.2, 0.25) is 0 Å². The smallest absolute Gasteiger partial charge is 0.0337 e. The fourth-order valence-electron chi connectivity index (χ4n) is 1.40. The van der Waals surface area contributed by atoms with E-state index in [1.807, 2.05) is 10.4 Å². The predicted molar refractivity (Wildman–Crippen MR) is 57.2 cm³/mol. The summed E-state index contributed by atoms with van der Waals surface area (Å²) in [4.78, 5) is 0. The highest BCUT2D eigenvalue weighted by molar-refractivity contribution is 7.77. The maximum Gasteiger partial charge on any atom is 0.0337 e. The van der Waals surface area contributed by atoms with Gasteiger partial charge in [-0.25, -0.2) is 4.31 Å². The minimum absolute atomic E-state index is 0.944. The SMILES string of the molecule is C=C/C=C1/CCN(S)C/C1=C/C. The van der Waals surface area contributed by atoms with Gasteiger partial charge in [-0.2, -0.15) is 0 Å². The molecule has 66 valence electrons. The van der Waals surface area contributed by atoms with E-state index in [1.165, 1.54) is 11.1 Å². The summed E-state index contributed by atoms with van der Waals surface area (Å²) in [7, 11) is 0. The zero-order chi connectivity index (χ0) is 8.97. The van der Waals surface area contributed by atoms with Crippen molar-refractivity contribution in [2.24, 2.45) is 0 Å². The molecule has 1 aliphatic heterocycles. The van der Waals surface area contributed by atoms with Gasteiger partial charge in [-0.1, -0.05) is 37.6 Å². The molecular formula is C10H15NS. The Balaban J connectivity index is 2.76. The van der Waals surface area contributed by atoms with Crippen LogP contribution in [-0.4, -0.2) is 17.4 Å². The third-order valence-electron chi connectivity index (χ3n) is 2.07. The molecule has 0 saturated carbocycles. The number of rotatable bonds is 1. The molecule has 0 aromatic rings. The van der Waals surface area contributed by atoms with Crippen molar-refractivity contribution in [2.75, 3.05) is 13.1 Å². The van der Waals surface area contributed by atoms with E-state index in [9.17, 15) is 0 Å². The average molecular weight is 181 g/mol. The van der Waals surface area contributed by atoms with E-state index < -0.39 is 0 Å². The maximum absolute atomic E-state index is 4.32. The molecule has 0 N–H and O–H groups in total. The zero-order valence-electron chi connectivity index (χ0n) is 7.45. The summed E-state index contributed by atoms with van der Waals surface area (Å²) in [5, 5.41) is 0. The van der Waals surface area contributed by atoms with E-state index in [1.54, 1.807) is 0 Å². The van der Waals surface area contributed by atoms with E-state index in [4.69, 9.17) is 0 Å². The van der Waals surface area contributed by atoms with Gasteiger partial charge in [0.25, 0.3) is 0 Å². The Morgan fingerprint density at radius 1 is 1.50 bits per heavy atom. The molecule has 1 nitrogen and oxygen atoms in total. The topological polar surface area (TPSA) is 3.24 Å². The van der Waals surface area contributed by atoms with Crippen molar-refractivity contribution in [1.29, 1.82) is 0 Å². The van der Waals surface area contributed by atoms with Crippen LogP contribution >= 0.6 is 12.8 Å². The van der Waals surface area contributed by atoms with Gasteiger partial charge in [-0.15, -0.1) is 0 Å². The molecule has 1 fully saturated rings. The number of thiol groups is 1. The quantitative estimate of drug-likeness (QED) is 0.609. The van der Waals surface area contributed by atoms with Crippen molar-refractivity contribution in [3.63, 3.8) is 0 Å². The molecule has 0 aromatic heterocycles. The van der Waals surface area contributed by atoms with Crippen molar-refractivity contribution in [1.82, 2.24) is 4.31 Å². The lowest BCUT2D eigenvalue weighted by Gasteiger charge is -2.25. The van der Waals surface area contributed by atoms with E-state index in [0.717, 1.165) is 19.5 Å². The van der Waals surface area contributed by atoms with E-state index in [-0.39, 0.29) is 0 Å². The summed E-state index contributed by atoms with van der Waals surface area (Å²) in [5.41, 5.74) is 2.77. The van der Waals surface area contributed by atoms with Crippen molar-refractivity contribution in [2.45, 2.75) is 13.3 Å². The van der Waals surface area contributed by atoms with Gasteiger partial charge >= 0.3 is 0 Å². The molecule has 2 heteroatoms. The second kappa shape index (κ2) is 4.53. The minimum Gasteiger partial charge on any atom is -0.249 e. The molecule has 0 unspecified atom stereocenters. The number of allylic oxidation sites excluding steroid dienone is 3. The van der Waals surface area contributed by atoms with Gasteiger partial charge < -0.3 is 0 Å². The van der Waals surface area contributed by atoms with Gasteiger partial charge in [0.2, 0.25) is 0 Å². The Morgan fingerprint density at radius 3 is 2.83 bits per heavy atom. The normalized spacial score (nSPS) is 26.5.